The molecule has 0 amide bonds. The fourth-order valence-electron chi connectivity index (χ4n) is 3.00. The average molecular weight is 352 g/mol. The van der Waals surface area contributed by atoms with Crippen LogP contribution in [-0.2, 0) is 4.74 Å². The lowest BCUT2D eigenvalue weighted by molar-refractivity contribution is -0.0353. The minimum absolute atomic E-state index is 0.407. The van der Waals surface area contributed by atoms with Gasteiger partial charge in [0.05, 0.1) is 18.1 Å². The van der Waals surface area contributed by atoms with E-state index >= 15 is 0 Å². The molecule has 0 radical (unpaired) electrons. The van der Waals surface area contributed by atoms with Crippen LogP contribution < -0.4 is 5.32 Å². The minimum Gasteiger partial charge on any atom is -0.388 e. The summed E-state index contributed by atoms with van der Waals surface area (Å²) in [5.74, 6) is 0. The number of rotatable bonds is 5. The van der Waals surface area contributed by atoms with Crippen molar-refractivity contribution < 1.29 is 14.9 Å². The van der Waals surface area contributed by atoms with Gasteiger partial charge in [0, 0.05) is 13.2 Å². The number of aliphatic hydroxyl groups is 2. The van der Waals surface area contributed by atoms with Gasteiger partial charge in [-0.15, -0.1) is 13.2 Å². The second-order valence-corrected chi connectivity index (χ2v) is 11.2. The zero-order valence-corrected chi connectivity index (χ0v) is 15.1. The van der Waals surface area contributed by atoms with Gasteiger partial charge in [0.1, 0.15) is 17.7 Å². The summed E-state index contributed by atoms with van der Waals surface area (Å²) >= 11 is 0. The van der Waals surface area contributed by atoms with Gasteiger partial charge < -0.3 is 20.3 Å². The van der Waals surface area contributed by atoms with Crippen LogP contribution in [0.25, 0.3) is 11.2 Å². The van der Waals surface area contributed by atoms with Crippen LogP contribution in [0.5, 0.6) is 0 Å². The molecule has 0 unspecified atom stereocenters. The van der Waals surface area contributed by atoms with Gasteiger partial charge >= 0.3 is 0 Å². The van der Waals surface area contributed by atoms with Crippen LogP contribution in [0.3, 0.4) is 0 Å². The van der Waals surface area contributed by atoms with E-state index in [2.05, 4.69) is 34.9 Å². The van der Waals surface area contributed by atoms with E-state index in [-0.39, 0.29) is 0 Å². The molecule has 0 aromatic carbocycles. The Hall–Kier alpha value is -1.40. The Morgan fingerprint density at radius 2 is 2.08 bits per heavy atom. The molecule has 0 bridgehead atoms. The highest BCUT2D eigenvalue weighted by molar-refractivity contribution is 7.72. The van der Waals surface area contributed by atoms with E-state index in [9.17, 15) is 10.2 Å². The Balaban J connectivity index is 1.86. The molecule has 4 atom stereocenters. The molecule has 8 heteroatoms. The maximum absolute atomic E-state index is 10.4. The van der Waals surface area contributed by atoms with Crippen LogP contribution in [0.15, 0.2) is 18.6 Å². The number of hydrogen-bond donors (Lipinski definition) is 3. The molecule has 0 saturated carbocycles. The number of aliphatic hydroxyl groups excluding tert-OH is 2. The molecule has 1 aliphatic rings. The van der Waals surface area contributed by atoms with Crippen LogP contribution in [0.1, 0.15) is 12.6 Å². The Morgan fingerprint density at radius 1 is 1.33 bits per heavy atom. The maximum Gasteiger partial charge on any atom is 0.165 e. The van der Waals surface area contributed by atoms with Crippen molar-refractivity contribution in [3.8, 4) is 0 Å². The lowest BCUT2D eigenvalue weighted by Crippen LogP contribution is -2.31. The van der Waals surface area contributed by atoms with Crippen molar-refractivity contribution in [3.05, 3.63) is 18.6 Å². The molecule has 132 valence electrons. The van der Waals surface area contributed by atoms with E-state index in [0.29, 0.717) is 17.6 Å². The molecule has 0 spiro atoms. The predicted molar refractivity (Wildman–Crippen MR) is 98.4 cm³/mol. The number of aromatic nitrogens is 3. The first-order valence-corrected chi connectivity index (χ1v) is 11.1. The first-order chi connectivity index (χ1) is 11.3. The zero-order chi connectivity index (χ0) is 17.5. The van der Waals surface area contributed by atoms with E-state index in [1.807, 2.05) is 13.1 Å². The summed E-state index contributed by atoms with van der Waals surface area (Å²) in [7, 11) is 1.82. The van der Waals surface area contributed by atoms with E-state index in [0.717, 1.165) is 11.8 Å². The van der Waals surface area contributed by atoms with E-state index in [1.165, 1.54) is 0 Å². The molecule has 2 aromatic heterocycles. The second kappa shape index (κ2) is 6.48. The van der Waals surface area contributed by atoms with Crippen LogP contribution in [0.2, 0.25) is 0 Å². The third-order valence-electron chi connectivity index (χ3n) is 4.36. The molecule has 0 aliphatic carbocycles. The topological polar surface area (TPSA) is 92.4 Å². The molecule has 2 aromatic rings. The normalized spacial score (nSPS) is 27.7. The van der Waals surface area contributed by atoms with Gasteiger partial charge in [-0.25, -0.2) is 9.97 Å². The summed E-state index contributed by atoms with van der Waals surface area (Å²) in [4.78, 5) is 8.71. The average Bonchev–Trinajstić information content (AvgIpc) is 3.07. The molecular formula is C16H25N4O3P. The lowest BCUT2D eigenvalue weighted by Gasteiger charge is -2.18. The van der Waals surface area contributed by atoms with Crippen molar-refractivity contribution in [1.82, 2.24) is 14.5 Å². The van der Waals surface area contributed by atoms with Crippen molar-refractivity contribution in [2.45, 2.75) is 31.0 Å². The first-order valence-electron chi connectivity index (χ1n) is 8.00. The smallest absolute Gasteiger partial charge is 0.165 e. The van der Waals surface area contributed by atoms with Crippen molar-refractivity contribution in [2.75, 3.05) is 31.9 Å². The fraction of sp³-hybridized carbons (Fsp3) is 0.562. The van der Waals surface area contributed by atoms with E-state index < -0.39 is 31.4 Å². The maximum atomic E-state index is 10.4. The number of ether oxygens (including phenoxy) is 1. The SMILES string of the molecule is C=P(C)(C)CC[C@H]1O[C@@H](n2cnc3c(NC)ccnc32)[C@H](O)[C@@H]1O. The third-order valence-corrected chi connectivity index (χ3v) is 5.83. The monoisotopic (exact) mass is 352 g/mol. The summed E-state index contributed by atoms with van der Waals surface area (Å²) in [6, 6.07) is 1.84. The minimum atomic E-state index is -1.21. The largest absolute Gasteiger partial charge is 0.388 e. The Kier molecular flexibility index (Phi) is 4.71. The summed E-state index contributed by atoms with van der Waals surface area (Å²) < 4.78 is 7.65. The molecule has 3 N–H and O–H groups in total. The van der Waals surface area contributed by atoms with Gasteiger partial charge in [0.25, 0.3) is 0 Å². The summed E-state index contributed by atoms with van der Waals surface area (Å²) in [5.41, 5.74) is 2.18. The fourth-order valence-corrected chi connectivity index (χ4v) is 3.95. The summed E-state index contributed by atoms with van der Waals surface area (Å²) in [6.45, 7) is 3.09. The number of anilines is 1. The predicted octanol–water partition coefficient (Wildman–Crippen LogP) is 1.19. The molecule has 1 fully saturated rings. The van der Waals surface area contributed by atoms with Crippen molar-refractivity contribution in [2.24, 2.45) is 0 Å². The Labute approximate surface area is 141 Å². The number of hydrogen-bond acceptors (Lipinski definition) is 6. The molecule has 3 heterocycles. The van der Waals surface area contributed by atoms with Crippen LogP contribution in [-0.4, -0.2) is 75.9 Å². The number of fused-ring (bicyclic) bond motifs is 1. The van der Waals surface area contributed by atoms with Gasteiger partial charge in [-0.2, -0.15) is 0 Å². The number of nitrogens with one attached hydrogen (secondary N) is 1. The zero-order valence-electron chi connectivity index (χ0n) is 14.3. The van der Waals surface area contributed by atoms with Crippen molar-refractivity contribution >= 4 is 30.0 Å². The van der Waals surface area contributed by atoms with Crippen LogP contribution in [0.4, 0.5) is 5.69 Å². The van der Waals surface area contributed by atoms with E-state index in [1.54, 1.807) is 17.1 Å². The number of imidazole rings is 1. The molecular weight excluding hydrogens is 327 g/mol. The van der Waals surface area contributed by atoms with Crippen LogP contribution >= 0.6 is 6.89 Å². The van der Waals surface area contributed by atoms with Crippen molar-refractivity contribution in [1.29, 1.82) is 0 Å². The van der Waals surface area contributed by atoms with Gasteiger partial charge in [-0.05, 0) is 32.0 Å². The van der Waals surface area contributed by atoms with Gasteiger partial charge in [-0.1, -0.05) is 0 Å². The lowest BCUT2D eigenvalue weighted by atomic mass is 10.1. The summed E-state index contributed by atoms with van der Waals surface area (Å²) in [6.07, 6.45) is 6.00. The summed E-state index contributed by atoms with van der Waals surface area (Å²) in [5, 5.41) is 23.9. The third kappa shape index (κ3) is 3.22. The van der Waals surface area contributed by atoms with Crippen LogP contribution in [0, 0.1) is 0 Å². The Bertz CT molecular complexity index is 772. The Morgan fingerprint density at radius 3 is 2.75 bits per heavy atom. The quantitative estimate of drug-likeness (QED) is 0.700. The van der Waals surface area contributed by atoms with Crippen molar-refractivity contribution in [3.63, 3.8) is 0 Å². The van der Waals surface area contributed by atoms with Gasteiger partial charge in [-0.3, -0.25) is 4.57 Å². The highest BCUT2D eigenvalue weighted by Crippen LogP contribution is 2.40. The molecule has 24 heavy (non-hydrogen) atoms. The standard InChI is InChI=1S/C16H25N4O3P/c1-17-10-5-7-18-15-12(10)19-9-20(15)16-14(22)13(21)11(23-16)6-8-24(2,3)4/h5,7,9,11,13-14,16,21-22H,2,6,8H2,1,3-4H3,(H,17,18)/t11-,13-,14-,16-/m1/s1. The molecule has 3 rings (SSSR count). The van der Waals surface area contributed by atoms with Gasteiger partial charge in [0.2, 0.25) is 0 Å². The molecule has 7 nitrogen and oxygen atoms in total. The number of pyridine rings is 1. The highest BCUT2D eigenvalue weighted by atomic mass is 31.2. The van der Waals surface area contributed by atoms with Gasteiger partial charge in [0.15, 0.2) is 11.9 Å². The number of nitrogens with zero attached hydrogens (tertiary/aromatic N) is 3. The first kappa shape index (κ1) is 17.4. The molecule has 1 aliphatic heterocycles. The molecule has 1 saturated heterocycles. The van der Waals surface area contributed by atoms with E-state index in [4.69, 9.17) is 4.74 Å². The highest BCUT2D eigenvalue weighted by Gasteiger charge is 2.44. The second-order valence-electron chi connectivity index (χ2n) is 6.93.